The van der Waals surface area contributed by atoms with Crippen molar-refractivity contribution in [3.63, 3.8) is 0 Å². The van der Waals surface area contributed by atoms with Gasteiger partial charge in [0.05, 0.1) is 19.4 Å². The van der Waals surface area contributed by atoms with E-state index in [1.807, 2.05) is 49.4 Å². The number of H-pyrrole nitrogens is 1. The molecule has 3 aromatic rings. The first kappa shape index (κ1) is 23.5. The summed E-state index contributed by atoms with van der Waals surface area (Å²) < 4.78 is 11.0. The van der Waals surface area contributed by atoms with E-state index in [4.69, 9.17) is 9.47 Å². The molecule has 2 aromatic carbocycles. The standard InChI is InChI=1S/C27H31N3O4/c1-3-34-25-17-18(11-12-24(25)33-2)13-14-28-26(31)20-8-6-7-19(15-20)16-23-21-9-4-5-10-22(21)27(32)30-29-23/h6-8,11-12,15,17H,3-5,9-10,13-14,16H2,1-2H3,(H,28,31)(H,30,32). The Morgan fingerprint density at radius 3 is 2.68 bits per heavy atom. The van der Waals surface area contributed by atoms with Gasteiger partial charge >= 0.3 is 0 Å². The SMILES string of the molecule is CCOc1cc(CCNC(=O)c2cccc(Cc3n[nH]c(=O)c4c3CCCC4)c2)ccc1OC. The molecule has 1 amide bonds. The van der Waals surface area contributed by atoms with E-state index in [0.29, 0.717) is 43.1 Å². The van der Waals surface area contributed by atoms with Gasteiger partial charge in [-0.05, 0) is 80.0 Å². The molecule has 178 valence electrons. The van der Waals surface area contributed by atoms with Gasteiger partial charge < -0.3 is 14.8 Å². The van der Waals surface area contributed by atoms with Gasteiger partial charge in [0.25, 0.3) is 11.5 Å². The van der Waals surface area contributed by atoms with Crippen molar-refractivity contribution >= 4 is 5.91 Å². The van der Waals surface area contributed by atoms with Crippen molar-refractivity contribution in [1.82, 2.24) is 15.5 Å². The Morgan fingerprint density at radius 1 is 1.06 bits per heavy atom. The van der Waals surface area contributed by atoms with E-state index in [0.717, 1.165) is 53.6 Å². The van der Waals surface area contributed by atoms with E-state index < -0.39 is 0 Å². The number of carbonyl (C=O) groups is 1. The maximum Gasteiger partial charge on any atom is 0.267 e. The van der Waals surface area contributed by atoms with Gasteiger partial charge in [-0.25, -0.2) is 5.10 Å². The lowest BCUT2D eigenvalue weighted by molar-refractivity contribution is 0.0954. The maximum atomic E-state index is 12.8. The Bertz CT molecular complexity index is 1220. The summed E-state index contributed by atoms with van der Waals surface area (Å²) in [7, 11) is 1.62. The second-order valence-corrected chi connectivity index (χ2v) is 8.46. The summed E-state index contributed by atoms with van der Waals surface area (Å²) in [5.74, 6) is 1.29. The zero-order valence-corrected chi connectivity index (χ0v) is 19.8. The molecule has 34 heavy (non-hydrogen) atoms. The second kappa shape index (κ2) is 11.0. The molecule has 0 radical (unpaired) electrons. The van der Waals surface area contributed by atoms with Gasteiger partial charge in [-0.3, -0.25) is 9.59 Å². The summed E-state index contributed by atoms with van der Waals surface area (Å²) in [5.41, 5.74) is 5.45. The van der Waals surface area contributed by atoms with Crippen LogP contribution in [0.5, 0.6) is 11.5 Å². The predicted molar refractivity (Wildman–Crippen MR) is 131 cm³/mol. The number of aromatic nitrogens is 2. The molecule has 0 fully saturated rings. The van der Waals surface area contributed by atoms with Crippen LogP contribution in [0.15, 0.2) is 47.3 Å². The molecule has 0 bridgehead atoms. The summed E-state index contributed by atoms with van der Waals surface area (Å²) >= 11 is 0. The van der Waals surface area contributed by atoms with Gasteiger partial charge in [-0.2, -0.15) is 5.10 Å². The fourth-order valence-corrected chi connectivity index (χ4v) is 4.46. The predicted octanol–water partition coefficient (Wildman–Crippen LogP) is 3.62. The highest BCUT2D eigenvalue weighted by Crippen LogP contribution is 2.28. The van der Waals surface area contributed by atoms with E-state index in [-0.39, 0.29) is 11.5 Å². The lowest BCUT2D eigenvalue weighted by Gasteiger charge is -2.17. The number of carbonyl (C=O) groups excluding carboxylic acids is 1. The molecule has 0 saturated heterocycles. The minimum absolute atomic E-state index is 0.0724. The molecule has 7 heteroatoms. The molecule has 0 spiro atoms. The van der Waals surface area contributed by atoms with Crippen molar-refractivity contribution in [2.24, 2.45) is 0 Å². The van der Waals surface area contributed by atoms with E-state index >= 15 is 0 Å². The molecular formula is C27H31N3O4. The Kier molecular flexibility index (Phi) is 7.62. The number of nitrogens with one attached hydrogen (secondary N) is 2. The quantitative estimate of drug-likeness (QED) is 0.508. The molecule has 1 aliphatic carbocycles. The zero-order valence-electron chi connectivity index (χ0n) is 19.8. The van der Waals surface area contributed by atoms with Crippen LogP contribution in [0.25, 0.3) is 0 Å². The van der Waals surface area contributed by atoms with Crippen LogP contribution in [-0.2, 0) is 25.7 Å². The Balaban J connectivity index is 1.39. The highest BCUT2D eigenvalue weighted by atomic mass is 16.5. The van der Waals surface area contributed by atoms with Crippen molar-refractivity contribution in [3.05, 3.63) is 86.3 Å². The number of benzene rings is 2. The average molecular weight is 462 g/mol. The summed E-state index contributed by atoms with van der Waals surface area (Å²) in [6.45, 7) is 3.00. The fourth-order valence-electron chi connectivity index (χ4n) is 4.46. The maximum absolute atomic E-state index is 12.8. The van der Waals surface area contributed by atoms with E-state index in [2.05, 4.69) is 15.5 Å². The van der Waals surface area contributed by atoms with Gasteiger partial charge in [0.2, 0.25) is 0 Å². The number of hydrogen-bond donors (Lipinski definition) is 2. The van der Waals surface area contributed by atoms with Crippen LogP contribution >= 0.6 is 0 Å². The number of aromatic amines is 1. The fraction of sp³-hybridized carbons (Fsp3) is 0.370. The number of ether oxygens (including phenoxy) is 2. The number of rotatable bonds is 9. The molecule has 0 unspecified atom stereocenters. The first-order valence-electron chi connectivity index (χ1n) is 11.8. The van der Waals surface area contributed by atoms with Gasteiger partial charge in [0.1, 0.15) is 0 Å². The molecule has 1 aliphatic rings. The molecule has 1 heterocycles. The molecule has 4 rings (SSSR count). The topological polar surface area (TPSA) is 93.3 Å². The summed E-state index contributed by atoms with van der Waals surface area (Å²) in [6.07, 6.45) is 5.09. The van der Waals surface area contributed by atoms with Crippen LogP contribution in [0.3, 0.4) is 0 Å². The van der Waals surface area contributed by atoms with Gasteiger partial charge in [0, 0.05) is 24.1 Å². The van der Waals surface area contributed by atoms with Gasteiger partial charge in [0.15, 0.2) is 11.5 Å². The van der Waals surface area contributed by atoms with Crippen LogP contribution < -0.4 is 20.3 Å². The minimum Gasteiger partial charge on any atom is -0.493 e. The third-order valence-corrected chi connectivity index (χ3v) is 6.17. The van der Waals surface area contributed by atoms with Crippen LogP contribution in [0.4, 0.5) is 0 Å². The summed E-state index contributed by atoms with van der Waals surface area (Å²) in [5, 5.41) is 9.97. The van der Waals surface area contributed by atoms with Crippen molar-refractivity contribution in [3.8, 4) is 11.5 Å². The van der Waals surface area contributed by atoms with E-state index in [1.165, 1.54) is 0 Å². The normalized spacial score (nSPS) is 12.6. The van der Waals surface area contributed by atoms with Crippen LogP contribution in [0.2, 0.25) is 0 Å². The van der Waals surface area contributed by atoms with Gasteiger partial charge in [-0.1, -0.05) is 18.2 Å². The Labute approximate surface area is 199 Å². The first-order chi connectivity index (χ1) is 16.6. The second-order valence-electron chi connectivity index (χ2n) is 8.46. The number of hydrogen-bond acceptors (Lipinski definition) is 5. The lowest BCUT2D eigenvalue weighted by atomic mass is 9.90. The molecule has 1 aromatic heterocycles. The molecule has 2 N–H and O–H groups in total. The molecule has 7 nitrogen and oxygen atoms in total. The highest BCUT2D eigenvalue weighted by Gasteiger charge is 2.18. The smallest absolute Gasteiger partial charge is 0.267 e. The van der Waals surface area contributed by atoms with E-state index in [9.17, 15) is 9.59 Å². The Hall–Kier alpha value is -3.61. The van der Waals surface area contributed by atoms with Gasteiger partial charge in [-0.15, -0.1) is 0 Å². The van der Waals surface area contributed by atoms with Crippen LogP contribution in [0.1, 0.15) is 58.1 Å². The molecule has 0 atom stereocenters. The third-order valence-electron chi connectivity index (χ3n) is 6.17. The van der Waals surface area contributed by atoms with Crippen molar-refractivity contribution in [2.75, 3.05) is 20.3 Å². The van der Waals surface area contributed by atoms with Crippen LogP contribution in [-0.4, -0.2) is 36.4 Å². The molecule has 0 aliphatic heterocycles. The summed E-state index contributed by atoms with van der Waals surface area (Å²) in [6, 6.07) is 13.4. The third kappa shape index (κ3) is 5.47. The molecule has 0 saturated carbocycles. The zero-order chi connectivity index (χ0) is 23.9. The van der Waals surface area contributed by atoms with Crippen molar-refractivity contribution in [1.29, 1.82) is 0 Å². The van der Waals surface area contributed by atoms with E-state index in [1.54, 1.807) is 7.11 Å². The summed E-state index contributed by atoms with van der Waals surface area (Å²) in [4.78, 5) is 24.9. The highest BCUT2D eigenvalue weighted by molar-refractivity contribution is 5.94. The average Bonchev–Trinajstić information content (AvgIpc) is 2.86. The largest absolute Gasteiger partial charge is 0.493 e. The Morgan fingerprint density at radius 2 is 1.88 bits per heavy atom. The molecular weight excluding hydrogens is 430 g/mol. The number of nitrogens with zero attached hydrogens (tertiary/aromatic N) is 1. The monoisotopic (exact) mass is 461 g/mol. The lowest BCUT2D eigenvalue weighted by Crippen LogP contribution is -2.26. The first-order valence-corrected chi connectivity index (χ1v) is 11.8. The van der Waals surface area contributed by atoms with Crippen LogP contribution in [0, 0.1) is 0 Å². The number of amides is 1. The minimum atomic E-state index is -0.114. The van der Waals surface area contributed by atoms with Crippen molar-refractivity contribution in [2.45, 2.75) is 45.4 Å². The number of fused-ring (bicyclic) bond motifs is 1. The van der Waals surface area contributed by atoms with Crippen molar-refractivity contribution < 1.29 is 14.3 Å². The number of methoxy groups -OCH3 is 1.